The monoisotopic (exact) mass is 576 g/mol. The standard InChI is InChI=1S/C24H26F2N8O3S2/c1-24(4-5-24)31-39(35,36)15-2-3-16-17(10-15)34(23-30-29-22(38-23)19(25)26)21-18(16)20(27-13-28-21)33-7-6-32-8-9-37-12-14(32)11-33/h2-3,10,13-14,19,31H,4-9,11-12H2,1H3/t14-/m1/s1. The Morgan fingerprint density at radius 3 is 2.79 bits per heavy atom. The molecule has 3 aromatic heterocycles. The minimum absolute atomic E-state index is 0.0771. The van der Waals surface area contributed by atoms with Gasteiger partial charge in [0.15, 0.2) is 10.7 Å². The molecule has 2 saturated heterocycles. The summed E-state index contributed by atoms with van der Waals surface area (Å²) < 4.78 is 63.4. The summed E-state index contributed by atoms with van der Waals surface area (Å²) >= 11 is 0.747. The van der Waals surface area contributed by atoms with E-state index in [0.717, 1.165) is 50.4 Å². The van der Waals surface area contributed by atoms with Crippen LogP contribution in [0.2, 0.25) is 0 Å². The Bertz CT molecular complexity index is 1690. The minimum Gasteiger partial charge on any atom is -0.378 e. The molecule has 11 nitrogen and oxygen atoms in total. The van der Waals surface area contributed by atoms with Gasteiger partial charge < -0.3 is 9.64 Å². The average molecular weight is 577 g/mol. The van der Waals surface area contributed by atoms with Crippen LogP contribution in [0.1, 0.15) is 31.2 Å². The normalized spacial score (nSPS) is 21.6. The number of nitrogens with one attached hydrogen (secondary N) is 1. The molecule has 1 aliphatic carbocycles. The molecule has 0 spiro atoms. The number of fused-ring (bicyclic) bond motifs is 4. The van der Waals surface area contributed by atoms with Crippen molar-refractivity contribution in [1.29, 1.82) is 0 Å². The Morgan fingerprint density at radius 2 is 2.03 bits per heavy atom. The van der Waals surface area contributed by atoms with Gasteiger partial charge in [-0.25, -0.2) is 31.9 Å². The third-order valence-electron chi connectivity index (χ3n) is 7.73. The zero-order chi connectivity index (χ0) is 26.9. The van der Waals surface area contributed by atoms with Crippen LogP contribution in [0.3, 0.4) is 0 Å². The van der Waals surface area contributed by atoms with Crippen LogP contribution in [0, 0.1) is 0 Å². The second-order valence-electron chi connectivity index (χ2n) is 10.5. The van der Waals surface area contributed by atoms with Crippen molar-refractivity contribution in [2.24, 2.45) is 0 Å². The second kappa shape index (κ2) is 9.09. The van der Waals surface area contributed by atoms with E-state index >= 15 is 0 Å². The number of hydrogen-bond donors (Lipinski definition) is 1. The predicted octanol–water partition coefficient (Wildman–Crippen LogP) is 2.71. The predicted molar refractivity (Wildman–Crippen MR) is 141 cm³/mol. The number of hydrogen-bond acceptors (Lipinski definition) is 10. The first-order valence-corrected chi connectivity index (χ1v) is 15.0. The second-order valence-corrected chi connectivity index (χ2v) is 13.2. The van der Waals surface area contributed by atoms with Crippen LogP contribution in [-0.2, 0) is 14.8 Å². The van der Waals surface area contributed by atoms with Crippen LogP contribution in [0.4, 0.5) is 14.6 Å². The molecular weight excluding hydrogens is 550 g/mol. The molecule has 4 aromatic rings. The highest BCUT2D eigenvalue weighted by molar-refractivity contribution is 7.89. The van der Waals surface area contributed by atoms with Gasteiger partial charge in [-0.15, -0.1) is 10.2 Å². The lowest BCUT2D eigenvalue weighted by molar-refractivity contribution is -0.0117. The van der Waals surface area contributed by atoms with Gasteiger partial charge in [0.05, 0.1) is 35.1 Å². The molecule has 15 heteroatoms. The molecule has 39 heavy (non-hydrogen) atoms. The van der Waals surface area contributed by atoms with Crippen LogP contribution in [-0.4, -0.2) is 89.0 Å². The summed E-state index contributed by atoms with van der Waals surface area (Å²) in [6.45, 7) is 6.45. The van der Waals surface area contributed by atoms with Crippen molar-refractivity contribution >= 4 is 49.1 Å². The third kappa shape index (κ3) is 4.36. The number of aromatic nitrogens is 5. The molecule has 206 valence electrons. The van der Waals surface area contributed by atoms with Crippen molar-refractivity contribution < 1.29 is 21.9 Å². The summed E-state index contributed by atoms with van der Waals surface area (Å²) in [6.07, 6.45) is 0.212. The van der Waals surface area contributed by atoms with Crippen LogP contribution in [0.25, 0.3) is 27.1 Å². The number of anilines is 1. The van der Waals surface area contributed by atoms with E-state index in [9.17, 15) is 17.2 Å². The van der Waals surface area contributed by atoms with Gasteiger partial charge in [-0.3, -0.25) is 9.47 Å². The number of nitrogens with zero attached hydrogens (tertiary/aromatic N) is 7. The number of sulfonamides is 1. The summed E-state index contributed by atoms with van der Waals surface area (Å²) in [7, 11) is -3.82. The van der Waals surface area contributed by atoms with Gasteiger partial charge >= 0.3 is 0 Å². The van der Waals surface area contributed by atoms with Gasteiger partial charge in [-0.1, -0.05) is 17.4 Å². The zero-order valence-corrected chi connectivity index (χ0v) is 22.7. The average Bonchev–Trinajstić information content (AvgIpc) is 3.32. The summed E-state index contributed by atoms with van der Waals surface area (Å²) in [6, 6.07) is 5.08. The molecule has 0 radical (unpaired) electrons. The molecule has 5 heterocycles. The van der Waals surface area contributed by atoms with Crippen molar-refractivity contribution in [3.05, 3.63) is 29.5 Å². The van der Waals surface area contributed by atoms with Gasteiger partial charge in [0.2, 0.25) is 15.2 Å². The summed E-state index contributed by atoms with van der Waals surface area (Å²) in [5, 5.41) is 8.86. The zero-order valence-electron chi connectivity index (χ0n) is 21.0. The Kier molecular flexibility index (Phi) is 5.86. The van der Waals surface area contributed by atoms with Gasteiger partial charge in [0.1, 0.15) is 12.1 Å². The van der Waals surface area contributed by atoms with Crippen molar-refractivity contribution in [2.75, 3.05) is 44.3 Å². The van der Waals surface area contributed by atoms with Gasteiger partial charge in [0.25, 0.3) is 6.43 Å². The number of benzene rings is 1. The van der Waals surface area contributed by atoms with Gasteiger partial charge in [0, 0.05) is 37.1 Å². The molecule has 7 rings (SSSR count). The highest BCUT2D eigenvalue weighted by atomic mass is 32.2. The van der Waals surface area contributed by atoms with E-state index in [0.29, 0.717) is 40.9 Å². The molecule has 3 fully saturated rings. The fourth-order valence-electron chi connectivity index (χ4n) is 5.42. The number of morpholine rings is 1. The van der Waals surface area contributed by atoms with E-state index in [-0.39, 0.29) is 16.1 Å². The first-order valence-electron chi connectivity index (χ1n) is 12.7. The SMILES string of the molecule is CC1(NS(=O)(=O)c2ccc3c4c(N5CCN6CCOC[C@H]6C5)ncnc4n(-c4nnc(C(F)F)s4)c3c2)CC1. The number of alkyl halides is 2. The quantitative estimate of drug-likeness (QED) is 0.370. The lowest BCUT2D eigenvalue weighted by Crippen LogP contribution is -2.58. The maximum atomic E-state index is 13.4. The maximum absolute atomic E-state index is 13.4. The number of ether oxygens (including phenoxy) is 1. The van der Waals surface area contributed by atoms with E-state index in [1.165, 1.54) is 6.33 Å². The van der Waals surface area contributed by atoms with Crippen molar-refractivity contribution in [3.63, 3.8) is 0 Å². The molecule has 1 saturated carbocycles. The highest BCUT2D eigenvalue weighted by Crippen LogP contribution is 2.40. The van der Waals surface area contributed by atoms with E-state index in [4.69, 9.17) is 4.74 Å². The van der Waals surface area contributed by atoms with Crippen LogP contribution in [0.15, 0.2) is 29.4 Å². The van der Waals surface area contributed by atoms with Crippen LogP contribution < -0.4 is 9.62 Å². The number of halogens is 2. The van der Waals surface area contributed by atoms with E-state index in [1.54, 1.807) is 22.8 Å². The Labute approximate surface area is 226 Å². The molecule has 1 aromatic carbocycles. The molecule has 2 aliphatic heterocycles. The number of piperazine rings is 1. The van der Waals surface area contributed by atoms with E-state index in [2.05, 4.69) is 34.7 Å². The topological polar surface area (TPSA) is 118 Å². The summed E-state index contributed by atoms with van der Waals surface area (Å²) in [5.41, 5.74) is 0.480. The fourth-order valence-corrected chi connectivity index (χ4v) is 7.62. The fraction of sp³-hybridized carbons (Fsp3) is 0.500. The minimum atomic E-state index is -3.82. The summed E-state index contributed by atoms with van der Waals surface area (Å²) in [5.74, 6) is 0.701. The van der Waals surface area contributed by atoms with Crippen molar-refractivity contribution in [2.45, 2.75) is 42.7 Å². The molecular formula is C24H26F2N8O3S2. The van der Waals surface area contributed by atoms with Crippen molar-refractivity contribution in [3.8, 4) is 5.13 Å². The van der Waals surface area contributed by atoms with Crippen molar-refractivity contribution in [1.82, 2.24) is 34.4 Å². The van der Waals surface area contributed by atoms with Crippen LogP contribution in [0.5, 0.6) is 0 Å². The molecule has 1 atom stereocenters. The lowest BCUT2D eigenvalue weighted by Gasteiger charge is -2.44. The molecule has 3 aliphatic rings. The van der Waals surface area contributed by atoms with E-state index < -0.39 is 27.0 Å². The highest BCUT2D eigenvalue weighted by Gasteiger charge is 2.41. The molecule has 0 bridgehead atoms. The summed E-state index contributed by atoms with van der Waals surface area (Å²) in [4.78, 5) is 13.9. The Morgan fingerprint density at radius 1 is 1.18 bits per heavy atom. The first-order chi connectivity index (χ1) is 18.7. The van der Waals surface area contributed by atoms with Gasteiger partial charge in [-0.2, -0.15) is 0 Å². The first kappa shape index (κ1) is 25.1. The molecule has 0 amide bonds. The Balaban J connectivity index is 1.41. The number of rotatable bonds is 6. The maximum Gasteiger partial charge on any atom is 0.291 e. The molecule has 0 unspecified atom stereocenters. The largest absolute Gasteiger partial charge is 0.378 e. The van der Waals surface area contributed by atoms with Crippen LogP contribution >= 0.6 is 11.3 Å². The smallest absolute Gasteiger partial charge is 0.291 e. The lowest BCUT2D eigenvalue weighted by atomic mass is 10.1. The molecule has 1 N–H and O–H groups in total. The Hall–Kier alpha value is -2.85. The van der Waals surface area contributed by atoms with Gasteiger partial charge in [-0.05, 0) is 31.9 Å². The third-order valence-corrected chi connectivity index (χ3v) is 10.3. The van der Waals surface area contributed by atoms with E-state index in [1.807, 2.05) is 6.92 Å².